The summed E-state index contributed by atoms with van der Waals surface area (Å²) in [5, 5.41) is 3.06. The summed E-state index contributed by atoms with van der Waals surface area (Å²) in [4.78, 5) is 22.9. The maximum Gasteiger partial charge on any atom is 0.491 e. The Kier molecular flexibility index (Phi) is 6.77. The highest BCUT2D eigenvalue weighted by atomic mass is 19.4. The van der Waals surface area contributed by atoms with Crippen molar-refractivity contribution in [2.24, 2.45) is 0 Å². The number of Topliss-reactive ketones (excluding diaryl/α,β-unsaturated/α-hetero) is 2. The monoisotopic (exact) mass is 411 g/mol. The third kappa shape index (κ3) is 5.55. The topological polar surface area (TPSA) is 64.6 Å². The Morgan fingerprint density at radius 2 is 1.59 bits per heavy atom. The highest BCUT2D eigenvalue weighted by Gasteiger charge is 2.52. The number of halogens is 3. The second-order valence-corrected chi connectivity index (χ2v) is 7.98. The summed E-state index contributed by atoms with van der Waals surface area (Å²) < 4.78 is 49.1. The van der Waals surface area contributed by atoms with Crippen LogP contribution < -0.4 is 5.32 Å². The van der Waals surface area contributed by atoms with E-state index in [1.165, 1.54) is 12.1 Å². The molecule has 0 amide bonds. The van der Waals surface area contributed by atoms with Gasteiger partial charge in [0, 0.05) is 12.1 Å². The van der Waals surface area contributed by atoms with Crippen LogP contribution >= 0.6 is 0 Å². The van der Waals surface area contributed by atoms with Crippen molar-refractivity contribution < 1.29 is 32.1 Å². The Morgan fingerprint density at radius 1 is 1.07 bits per heavy atom. The van der Waals surface area contributed by atoms with Gasteiger partial charge in [-0.1, -0.05) is 30.3 Å². The molecular formula is C20H25BF3NO4. The van der Waals surface area contributed by atoms with Crippen molar-refractivity contribution in [1.82, 2.24) is 5.32 Å². The molecule has 0 bridgehead atoms. The number of likely N-dealkylation sites (N-methyl/N-ethyl adjacent to an activating group) is 1. The van der Waals surface area contributed by atoms with Crippen LogP contribution in [0.1, 0.15) is 50.0 Å². The van der Waals surface area contributed by atoms with Gasteiger partial charge in [-0.05, 0) is 45.8 Å². The van der Waals surface area contributed by atoms with Crippen molar-refractivity contribution >= 4 is 24.8 Å². The van der Waals surface area contributed by atoms with Crippen LogP contribution in [0.25, 0.3) is 6.08 Å². The van der Waals surface area contributed by atoms with Crippen LogP contribution in [-0.2, 0) is 14.1 Å². The first-order valence-corrected chi connectivity index (χ1v) is 9.21. The lowest BCUT2D eigenvalue weighted by Crippen LogP contribution is -2.41. The minimum Gasteiger partial charge on any atom is -0.400 e. The average Bonchev–Trinajstić information content (AvgIpc) is 2.82. The van der Waals surface area contributed by atoms with E-state index in [0.717, 1.165) is 11.0 Å². The van der Waals surface area contributed by atoms with E-state index in [4.69, 9.17) is 9.31 Å². The van der Waals surface area contributed by atoms with E-state index in [1.54, 1.807) is 19.2 Å². The third-order valence-electron chi connectivity index (χ3n) is 5.16. The molecule has 1 aliphatic rings. The Bertz CT molecular complexity index is 785. The molecule has 0 radical (unpaired) electrons. The van der Waals surface area contributed by atoms with Gasteiger partial charge in [0.05, 0.1) is 17.6 Å². The molecule has 0 atom stereocenters. The molecule has 0 aromatic heterocycles. The van der Waals surface area contributed by atoms with Crippen molar-refractivity contribution in [2.45, 2.75) is 51.5 Å². The second kappa shape index (κ2) is 8.42. The maximum absolute atomic E-state index is 12.3. The minimum atomic E-state index is -5.01. The van der Waals surface area contributed by atoms with Crippen LogP contribution in [0.4, 0.5) is 13.2 Å². The van der Waals surface area contributed by atoms with Gasteiger partial charge in [0.25, 0.3) is 0 Å². The molecule has 0 saturated carbocycles. The van der Waals surface area contributed by atoms with Crippen molar-refractivity contribution in [1.29, 1.82) is 0 Å². The first-order valence-electron chi connectivity index (χ1n) is 9.21. The van der Waals surface area contributed by atoms with Gasteiger partial charge in [0.15, 0.2) is 5.78 Å². The van der Waals surface area contributed by atoms with Crippen molar-refractivity contribution in [3.05, 3.63) is 40.9 Å². The van der Waals surface area contributed by atoms with Crippen molar-refractivity contribution in [2.75, 3.05) is 13.6 Å². The molecule has 9 heteroatoms. The zero-order valence-corrected chi connectivity index (χ0v) is 17.1. The molecule has 1 aliphatic heterocycles. The first kappa shape index (κ1) is 23.3. The fourth-order valence-corrected chi connectivity index (χ4v) is 2.73. The molecule has 158 valence electrons. The zero-order valence-electron chi connectivity index (χ0n) is 17.1. The predicted molar refractivity (Wildman–Crippen MR) is 104 cm³/mol. The number of ketones is 2. The van der Waals surface area contributed by atoms with E-state index >= 15 is 0 Å². The minimum absolute atomic E-state index is 0.0468. The van der Waals surface area contributed by atoms with Crippen LogP contribution in [0, 0.1) is 0 Å². The molecule has 5 nitrogen and oxygen atoms in total. The summed E-state index contributed by atoms with van der Waals surface area (Å²) in [6, 6.07) is 6.01. The van der Waals surface area contributed by atoms with Gasteiger partial charge < -0.3 is 14.6 Å². The summed E-state index contributed by atoms with van der Waals surface area (Å²) in [7, 11) is 1.23. The lowest BCUT2D eigenvalue weighted by molar-refractivity contribution is -0.170. The fourth-order valence-electron chi connectivity index (χ4n) is 2.73. The van der Waals surface area contributed by atoms with Crippen molar-refractivity contribution in [3.63, 3.8) is 0 Å². The summed E-state index contributed by atoms with van der Waals surface area (Å²) in [5.74, 6) is -2.92. The molecule has 1 heterocycles. The van der Waals surface area contributed by atoms with Crippen molar-refractivity contribution in [3.8, 4) is 0 Å². The van der Waals surface area contributed by atoms with Gasteiger partial charge in [0.1, 0.15) is 0 Å². The smallest absolute Gasteiger partial charge is 0.400 e. The molecule has 0 aliphatic carbocycles. The number of hydrogen-bond acceptors (Lipinski definition) is 5. The molecule has 1 N–H and O–H groups in total. The first-order chi connectivity index (χ1) is 13.3. The molecular weight excluding hydrogens is 386 g/mol. The Hall–Kier alpha value is -1.97. The lowest BCUT2D eigenvalue weighted by atomic mass is 9.77. The molecule has 1 aromatic rings. The lowest BCUT2D eigenvalue weighted by Gasteiger charge is -2.32. The molecule has 2 rings (SSSR count). The molecule has 1 aromatic carbocycles. The summed E-state index contributed by atoms with van der Waals surface area (Å²) in [6.07, 6.45) is -4.37. The largest absolute Gasteiger partial charge is 0.491 e. The standard InChI is InChI=1S/C20H25BF3NO4/c1-18(2)19(3,4)29-21(28-18)15(12-25-5)10-13-6-8-14(9-7-13)16(26)11-17(27)20(22,23)24/h6-10,25H,11-12H2,1-5H3. The van der Waals surface area contributed by atoms with E-state index in [1.807, 2.05) is 33.8 Å². The molecule has 0 unspecified atom stereocenters. The molecule has 1 fully saturated rings. The highest BCUT2D eigenvalue weighted by Crippen LogP contribution is 2.38. The average molecular weight is 411 g/mol. The molecule has 0 spiro atoms. The predicted octanol–water partition coefficient (Wildman–Crippen LogP) is 3.63. The number of nitrogens with one attached hydrogen (secondary N) is 1. The quantitative estimate of drug-likeness (QED) is 0.422. The van der Waals surface area contributed by atoms with E-state index in [2.05, 4.69) is 5.32 Å². The van der Waals surface area contributed by atoms with Gasteiger partial charge in [0.2, 0.25) is 5.78 Å². The number of alkyl halides is 3. The Morgan fingerprint density at radius 3 is 2.03 bits per heavy atom. The second-order valence-electron chi connectivity index (χ2n) is 7.98. The third-order valence-corrected chi connectivity index (χ3v) is 5.16. The van der Waals surface area contributed by atoms with Gasteiger partial charge >= 0.3 is 13.3 Å². The fraction of sp³-hybridized carbons (Fsp3) is 0.500. The number of rotatable bonds is 7. The van der Waals surface area contributed by atoms with Gasteiger partial charge in [-0.25, -0.2) is 0 Å². The van der Waals surface area contributed by atoms with Crippen LogP contribution in [0.2, 0.25) is 0 Å². The SMILES string of the molecule is CNCC(=Cc1ccc(C(=O)CC(=O)C(F)(F)F)cc1)B1OC(C)(C)C(C)(C)O1. The van der Waals surface area contributed by atoms with Crippen LogP contribution in [0.3, 0.4) is 0 Å². The number of benzene rings is 1. The van der Waals surface area contributed by atoms with E-state index in [9.17, 15) is 22.8 Å². The normalized spacial score (nSPS) is 18.8. The maximum atomic E-state index is 12.3. The van der Waals surface area contributed by atoms with E-state index < -0.39 is 42.5 Å². The summed E-state index contributed by atoms with van der Waals surface area (Å²) in [6.45, 7) is 8.30. The van der Waals surface area contributed by atoms with E-state index in [-0.39, 0.29) is 5.56 Å². The molecule has 1 saturated heterocycles. The number of hydrogen-bond donors (Lipinski definition) is 1. The zero-order chi connectivity index (χ0) is 22.0. The number of carbonyl (C=O) groups excluding carboxylic acids is 2. The molecule has 29 heavy (non-hydrogen) atoms. The van der Waals surface area contributed by atoms with E-state index in [0.29, 0.717) is 6.54 Å². The van der Waals surface area contributed by atoms with Gasteiger partial charge in [-0.3, -0.25) is 9.59 Å². The van der Waals surface area contributed by atoms with Gasteiger partial charge in [-0.15, -0.1) is 0 Å². The van der Waals surface area contributed by atoms with Crippen LogP contribution in [0.15, 0.2) is 29.7 Å². The van der Waals surface area contributed by atoms with Crippen LogP contribution in [-0.4, -0.2) is 49.7 Å². The Labute approximate surface area is 168 Å². The summed E-state index contributed by atoms with van der Waals surface area (Å²) >= 11 is 0. The van der Waals surface area contributed by atoms with Crippen LogP contribution in [0.5, 0.6) is 0 Å². The van der Waals surface area contributed by atoms with Gasteiger partial charge in [-0.2, -0.15) is 13.2 Å². The number of carbonyl (C=O) groups is 2. The Balaban J connectivity index is 2.18. The highest BCUT2D eigenvalue weighted by molar-refractivity contribution is 6.55. The summed E-state index contributed by atoms with van der Waals surface area (Å²) in [5.41, 5.74) is 0.615.